The highest BCUT2D eigenvalue weighted by molar-refractivity contribution is 7.08. The third-order valence-corrected chi connectivity index (χ3v) is 11.9. The Morgan fingerprint density at radius 1 is 0.979 bits per heavy atom. The number of fused-ring (bicyclic) bond motifs is 1. The van der Waals surface area contributed by atoms with Crippen LogP contribution in [0.25, 0.3) is 0 Å². The standard InChI is InChI=1S/C34H43ClF3N5O4S/c1-40-8-2-22(3-9-40)23-4-10-42(11-5-23)32(46)24(14-21-15-27(34(36,37)38)31(45)28(35)16-21)17-30(44)41-12-6-26(7-13-41)43-18-25-19-48-20-29(25)39-33(43)47/h15-16,19-20,22-24,26,45H,2-14,17-18H2,1H3,(H,39,47)/t24-/m0/s1. The van der Waals surface area contributed by atoms with Crippen molar-refractivity contribution >= 4 is 46.5 Å². The average molecular weight is 710 g/mol. The molecule has 14 heteroatoms. The highest BCUT2D eigenvalue weighted by atomic mass is 35.5. The van der Waals surface area contributed by atoms with Crippen molar-refractivity contribution in [1.29, 1.82) is 0 Å². The number of benzene rings is 1. The Balaban J connectivity index is 1.13. The zero-order chi connectivity index (χ0) is 34.2. The lowest BCUT2D eigenvalue weighted by molar-refractivity contribution is -0.143. The summed E-state index contributed by atoms with van der Waals surface area (Å²) in [7, 11) is 2.13. The van der Waals surface area contributed by atoms with Gasteiger partial charge in [-0.15, -0.1) is 11.3 Å². The van der Waals surface area contributed by atoms with Gasteiger partial charge >= 0.3 is 12.2 Å². The third kappa shape index (κ3) is 7.73. The number of anilines is 1. The van der Waals surface area contributed by atoms with Crippen LogP contribution in [0.1, 0.15) is 61.6 Å². The number of thiophene rings is 1. The van der Waals surface area contributed by atoms with Gasteiger partial charge in [0.25, 0.3) is 0 Å². The molecule has 0 radical (unpaired) electrons. The summed E-state index contributed by atoms with van der Waals surface area (Å²) in [5, 5.41) is 16.4. The number of urea groups is 1. The molecule has 2 N–H and O–H groups in total. The SMILES string of the molecule is CN1CCC(C2CCN(C(=O)[C@H](CC(=O)N3CCC(N4Cc5cscc5NC4=O)CC3)Cc3cc(Cl)c(O)c(C(F)(F)F)c3)CC2)CC1. The topological polar surface area (TPSA) is 96.4 Å². The number of piperidine rings is 3. The molecular formula is C34H43ClF3N5O4S. The fourth-order valence-electron chi connectivity index (χ4n) is 7.93. The van der Waals surface area contributed by atoms with Crippen molar-refractivity contribution < 1.29 is 32.7 Å². The van der Waals surface area contributed by atoms with Crippen molar-refractivity contribution in [2.45, 2.75) is 70.1 Å². The van der Waals surface area contributed by atoms with Gasteiger partial charge in [0.2, 0.25) is 11.8 Å². The van der Waals surface area contributed by atoms with Crippen LogP contribution in [0.5, 0.6) is 5.75 Å². The van der Waals surface area contributed by atoms with Crippen LogP contribution in [0.15, 0.2) is 22.9 Å². The molecule has 0 aliphatic carbocycles. The highest BCUT2D eigenvalue weighted by Gasteiger charge is 2.38. The minimum absolute atomic E-state index is 0.0367. The summed E-state index contributed by atoms with van der Waals surface area (Å²) >= 11 is 7.55. The Labute approximate surface area is 288 Å². The van der Waals surface area contributed by atoms with Crippen LogP contribution in [-0.4, -0.2) is 94.9 Å². The molecule has 0 unspecified atom stereocenters. The van der Waals surface area contributed by atoms with Crippen molar-refractivity contribution in [1.82, 2.24) is 19.6 Å². The van der Waals surface area contributed by atoms with Crippen molar-refractivity contribution in [3.05, 3.63) is 44.6 Å². The Bertz CT molecular complexity index is 1500. The van der Waals surface area contributed by atoms with E-state index in [4.69, 9.17) is 11.6 Å². The van der Waals surface area contributed by atoms with E-state index in [2.05, 4.69) is 17.3 Å². The number of carbonyl (C=O) groups is 3. The van der Waals surface area contributed by atoms with Gasteiger partial charge in [-0.1, -0.05) is 11.6 Å². The molecule has 2 aromatic rings. The van der Waals surface area contributed by atoms with Crippen molar-refractivity contribution in [3.63, 3.8) is 0 Å². The summed E-state index contributed by atoms with van der Waals surface area (Å²) in [5.41, 5.74) is 0.783. The lowest BCUT2D eigenvalue weighted by Crippen LogP contribution is -2.51. The molecule has 4 amide bonds. The number of halogens is 4. The van der Waals surface area contributed by atoms with Gasteiger partial charge < -0.3 is 30.0 Å². The quantitative estimate of drug-likeness (QED) is 0.352. The molecule has 1 aromatic heterocycles. The van der Waals surface area contributed by atoms with E-state index in [1.165, 1.54) is 17.4 Å². The number of rotatable bonds is 7. The maximum atomic E-state index is 14.0. The van der Waals surface area contributed by atoms with Crippen LogP contribution >= 0.6 is 22.9 Å². The zero-order valence-corrected chi connectivity index (χ0v) is 28.7. The second-order valence-electron chi connectivity index (χ2n) is 13.9. The van der Waals surface area contributed by atoms with Crippen molar-refractivity contribution in [2.24, 2.45) is 17.8 Å². The zero-order valence-electron chi connectivity index (χ0n) is 27.1. The molecule has 1 atom stereocenters. The van der Waals surface area contributed by atoms with E-state index < -0.39 is 28.4 Å². The first kappa shape index (κ1) is 34.8. The minimum Gasteiger partial charge on any atom is -0.506 e. The van der Waals surface area contributed by atoms with E-state index >= 15 is 0 Å². The maximum Gasteiger partial charge on any atom is 0.420 e. The Hall–Kier alpha value is -3.03. The smallest absolute Gasteiger partial charge is 0.420 e. The van der Waals surface area contributed by atoms with Crippen LogP contribution < -0.4 is 5.32 Å². The van der Waals surface area contributed by atoms with E-state index in [-0.39, 0.29) is 42.3 Å². The lowest BCUT2D eigenvalue weighted by Gasteiger charge is -2.41. The molecule has 5 heterocycles. The predicted molar refractivity (Wildman–Crippen MR) is 178 cm³/mol. The number of nitrogens with zero attached hydrogens (tertiary/aromatic N) is 4. The number of phenols is 1. The first-order chi connectivity index (χ1) is 22.9. The molecule has 3 fully saturated rings. The van der Waals surface area contributed by atoms with Crippen LogP contribution in [-0.2, 0) is 28.7 Å². The van der Waals surface area contributed by atoms with Gasteiger partial charge in [-0.05, 0) is 100.0 Å². The summed E-state index contributed by atoms with van der Waals surface area (Å²) in [6.45, 7) is 4.59. The van der Waals surface area contributed by atoms with Gasteiger partial charge in [-0.25, -0.2) is 4.79 Å². The number of likely N-dealkylation sites (tertiary alicyclic amines) is 3. The monoisotopic (exact) mass is 709 g/mol. The summed E-state index contributed by atoms with van der Waals surface area (Å²) in [6, 6.07) is 1.89. The summed E-state index contributed by atoms with van der Waals surface area (Å²) in [5.74, 6) is -1.26. The van der Waals surface area contributed by atoms with Crippen LogP contribution in [0, 0.1) is 17.8 Å². The molecular weight excluding hydrogens is 667 g/mol. The largest absolute Gasteiger partial charge is 0.506 e. The van der Waals surface area contributed by atoms with Crippen LogP contribution in [0.4, 0.5) is 23.7 Å². The molecule has 262 valence electrons. The molecule has 6 rings (SSSR count). The molecule has 4 aliphatic rings. The molecule has 4 aliphatic heterocycles. The molecule has 0 spiro atoms. The number of nitrogens with one attached hydrogen (secondary N) is 1. The summed E-state index contributed by atoms with van der Waals surface area (Å²) in [6.07, 6.45) is 0.0939. The van der Waals surface area contributed by atoms with Crippen LogP contribution in [0.2, 0.25) is 5.02 Å². The highest BCUT2D eigenvalue weighted by Crippen LogP contribution is 2.41. The fraction of sp³-hybridized carbons (Fsp3) is 0.618. The van der Waals surface area contributed by atoms with Crippen molar-refractivity contribution in [3.8, 4) is 5.75 Å². The average Bonchev–Trinajstić information content (AvgIpc) is 3.52. The third-order valence-electron chi connectivity index (χ3n) is 10.8. The molecule has 48 heavy (non-hydrogen) atoms. The summed E-state index contributed by atoms with van der Waals surface area (Å²) < 4.78 is 41.2. The first-order valence-electron chi connectivity index (χ1n) is 16.8. The van der Waals surface area contributed by atoms with E-state index in [9.17, 15) is 32.7 Å². The van der Waals surface area contributed by atoms with Gasteiger partial charge in [0.1, 0.15) is 5.75 Å². The minimum atomic E-state index is -4.84. The normalized spacial score (nSPS) is 21.3. The molecule has 0 bridgehead atoms. The van der Waals surface area contributed by atoms with Gasteiger partial charge in [-0.2, -0.15) is 13.2 Å². The Morgan fingerprint density at radius 2 is 1.60 bits per heavy atom. The van der Waals surface area contributed by atoms with Gasteiger partial charge in [-0.3, -0.25) is 9.59 Å². The van der Waals surface area contributed by atoms with Crippen molar-refractivity contribution in [2.75, 3.05) is 51.6 Å². The van der Waals surface area contributed by atoms with E-state index in [1.54, 1.807) is 9.80 Å². The number of carbonyl (C=O) groups excluding carboxylic acids is 3. The second-order valence-corrected chi connectivity index (χ2v) is 15.0. The Morgan fingerprint density at radius 3 is 2.25 bits per heavy atom. The second kappa shape index (κ2) is 14.4. The van der Waals surface area contributed by atoms with E-state index in [0.717, 1.165) is 56.1 Å². The van der Waals surface area contributed by atoms with Gasteiger partial charge in [0.15, 0.2) is 0 Å². The number of alkyl halides is 3. The van der Waals surface area contributed by atoms with Gasteiger partial charge in [0, 0.05) is 49.6 Å². The molecule has 9 nitrogen and oxygen atoms in total. The maximum absolute atomic E-state index is 14.0. The van der Waals surface area contributed by atoms with E-state index in [0.29, 0.717) is 57.4 Å². The number of hydrogen-bond acceptors (Lipinski definition) is 6. The van der Waals surface area contributed by atoms with Gasteiger partial charge in [0.05, 0.1) is 28.7 Å². The number of phenolic OH excluding ortho intramolecular Hbond substituents is 1. The number of aromatic hydroxyl groups is 1. The fourth-order valence-corrected chi connectivity index (χ4v) is 8.95. The predicted octanol–water partition coefficient (Wildman–Crippen LogP) is 6.29. The first-order valence-corrected chi connectivity index (χ1v) is 18.2. The number of amides is 4. The number of hydrogen-bond donors (Lipinski definition) is 2. The summed E-state index contributed by atoms with van der Waals surface area (Å²) in [4.78, 5) is 48.1. The molecule has 3 saturated heterocycles. The Kier molecular flexibility index (Phi) is 10.5. The molecule has 0 saturated carbocycles. The van der Waals surface area contributed by atoms with Crippen LogP contribution in [0.3, 0.4) is 0 Å². The molecule has 1 aromatic carbocycles. The van der Waals surface area contributed by atoms with E-state index in [1.807, 2.05) is 15.7 Å². The lowest BCUT2D eigenvalue weighted by atomic mass is 9.78.